The molecule has 0 aliphatic heterocycles. The number of carbonyl (C=O) groups is 2. The number of rotatable bonds is 6. The molecule has 0 spiro atoms. The van der Waals surface area contributed by atoms with Crippen molar-refractivity contribution >= 4 is 58.0 Å². The highest BCUT2D eigenvalue weighted by molar-refractivity contribution is 6.53. The van der Waals surface area contributed by atoms with Gasteiger partial charge in [0.15, 0.2) is 0 Å². The van der Waals surface area contributed by atoms with Gasteiger partial charge in [0.1, 0.15) is 10.2 Å². The van der Waals surface area contributed by atoms with E-state index < -0.39 is 40.2 Å². The average molecular weight is 542 g/mol. The third-order valence-electron chi connectivity index (χ3n) is 5.87. The molecule has 1 saturated carbocycles. The molecule has 1 N–H and O–H groups in total. The summed E-state index contributed by atoms with van der Waals surface area (Å²) in [4.78, 5) is 27.2. The van der Waals surface area contributed by atoms with Crippen LogP contribution in [0.4, 0.5) is 24.5 Å². The second-order valence-corrected chi connectivity index (χ2v) is 9.97. The Labute approximate surface area is 214 Å². The molecular weight excluding hydrogens is 524 g/mol. The zero-order valence-corrected chi connectivity index (χ0v) is 20.4. The topological polar surface area (TPSA) is 49.4 Å². The Morgan fingerprint density at radius 2 is 1.63 bits per heavy atom. The monoisotopic (exact) mass is 540 g/mol. The minimum Gasteiger partial charge on any atom is -0.326 e. The smallest absolute Gasteiger partial charge is 0.263 e. The first-order chi connectivity index (χ1) is 16.5. The number of hydrogen-bond donors (Lipinski definition) is 1. The first kappa shape index (κ1) is 25.4. The molecule has 0 saturated heterocycles. The number of amides is 2. The molecule has 1 aliphatic carbocycles. The van der Waals surface area contributed by atoms with E-state index in [2.05, 4.69) is 5.32 Å². The van der Waals surface area contributed by atoms with E-state index in [9.17, 15) is 22.8 Å². The van der Waals surface area contributed by atoms with Gasteiger partial charge in [-0.25, -0.2) is 13.2 Å². The van der Waals surface area contributed by atoms with E-state index in [1.807, 2.05) is 0 Å². The summed E-state index contributed by atoms with van der Waals surface area (Å²) in [5.41, 5.74) is 1.28. The SMILES string of the molecule is CN(C(=O)c1cc(NC(=O)[C@@H]2[C@@H](c3ccc(C(F)F)cc3)C2(Cl)Cl)ccc1Cl)c1ccc(F)cc1. The number of alkyl halides is 4. The van der Waals surface area contributed by atoms with Crippen LogP contribution in [0.5, 0.6) is 0 Å². The van der Waals surface area contributed by atoms with Crippen LogP contribution in [-0.4, -0.2) is 23.2 Å². The van der Waals surface area contributed by atoms with Crippen molar-refractivity contribution in [2.45, 2.75) is 16.7 Å². The Bertz CT molecular complexity index is 1270. The van der Waals surface area contributed by atoms with Crippen LogP contribution in [0.2, 0.25) is 5.02 Å². The molecule has 4 rings (SSSR count). The lowest BCUT2D eigenvalue weighted by molar-refractivity contribution is -0.117. The van der Waals surface area contributed by atoms with Crippen molar-refractivity contribution in [1.29, 1.82) is 0 Å². The fourth-order valence-corrected chi connectivity index (χ4v) is 4.89. The Balaban J connectivity index is 1.50. The largest absolute Gasteiger partial charge is 0.326 e. The van der Waals surface area contributed by atoms with Gasteiger partial charge in [-0.3, -0.25) is 9.59 Å². The van der Waals surface area contributed by atoms with Crippen molar-refractivity contribution in [3.05, 3.63) is 94.3 Å². The Hall–Kier alpha value is -2.74. The van der Waals surface area contributed by atoms with E-state index in [0.29, 0.717) is 11.3 Å². The highest BCUT2D eigenvalue weighted by atomic mass is 35.5. The first-order valence-corrected chi connectivity index (χ1v) is 11.5. The van der Waals surface area contributed by atoms with Crippen LogP contribution in [0, 0.1) is 11.7 Å². The van der Waals surface area contributed by atoms with E-state index in [1.54, 1.807) is 0 Å². The third kappa shape index (κ3) is 5.13. The number of carbonyl (C=O) groups excluding carboxylic acids is 2. The van der Waals surface area contributed by atoms with Crippen LogP contribution < -0.4 is 10.2 Å². The highest BCUT2D eigenvalue weighted by Gasteiger charge is 2.67. The lowest BCUT2D eigenvalue weighted by Crippen LogP contribution is -2.26. The normalized spacial score (nSPS) is 18.3. The van der Waals surface area contributed by atoms with Gasteiger partial charge in [-0.1, -0.05) is 35.9 Å². The predicted octanol–water partition coefficient (Wildman–Crippen LogP) is 7.22. The molecule has 0 unspecified atom stereocenters. The minimum absolute atomic E-state index is 0.120. The number of nitrogens with one attached hydrogen (secondary N) is 1. The van der Waals surface area contributed by atoms with Gasteiger partial charge in [0.2, 0.25) is 5.91 Å². The van der Waals surface area contributed by atoms with Crippen molar-refractivity contribution in [2.75, 3.05) is 17.3 Å². The van der Waals surface area contributed by atoms with Gasteiger partial charge >= 0.3 is 0 Å². The average Bonchev–Trinajstić information content (AvgIpc) is 3.41. The molecule has 4 nitrogen and oxygen atoms in total. The molecule has 0 bridgehead atoms. The summed E-state index contributed by atoms with van der Waals surface area (Å²) in [5, 5.41) is 2.85. The van der Waals surface area contributed by atoms with Gasteiger partial charge in [-0.15, -0.1) is 23.2 Å². The maximum Gasteiger partial charge on any atom is 0.263 e. The molecule has 35 heavy (non-hydrogen) atoms. The van der Waals surface area contributed by atoms with Gasteiger partial charge in [-0.2, -0.15) is 0 Å². The third-order valence-corrected chi connectivity index (χ3v) is 7.14. The molecule has 1 fully saturated rings. The molecular formula is C25H18Cl3F3N2O2. The highest BCUT2D eigenvalue weighted by Crippen LogP contribution is 2.65. The van der Waals surface area contributed by atoms with Gasteiger partial charge in [0.25, 0.3) is 12.3 Å². The molecule has 1 aliphatic rings. The van der Waals surface area contributed by atoms with Crippen LogP contribution in [0.1, 0.15) is 33.8 Å². The number of halogens is 6. The van der Waals surface area contributed by atoms with Gasteiger partial charge in [0, 0.05) is 29.9 Å². The van der Waals surface area contributed by atoms with Crippen molar-refractivity contribution in [3.63, 3.8) is 0 Å². The zero-order chi connectivity index (χ0) is 25.5. The molecule has 10 heteroatoms. The van der Waals surface area contributed by atoms with Crippen molar-refractivity contribution in [1.82, 2.24) is 0 Å². The van der Waals surface area contributed by atoms with Crippen molar-refractivity contribution < 1.29 is 22.8 Å². The lowest BCUT2D eigenvalue weighted by atomic mass is 10.1. The van der Waals surface area contributed by atoms with E-state index in [4.69, 9.17) is 34.8 Å². The molecule has 3 aromatic carbocycles. The molecule has 0 heterocycles. The second kappa shape index (κ2) is 9.72. The molecule has 2 atom stereocenters. The lowest BCUT2D eigenvalue weighted by Gasteiger charge is -2.18. The zero-order valence-electron chi connectivity index (χ0n) is 18.1. The molecule has 3 aromatic rings. The molecule has 2 amide bonds. The minimum atomic E-state index is -2.61. The fourth-order valence-electron chi connectivity index (χ4n) is 3.87. The summed E-state index contributed by atoms with van der Waals surface area (Å²) < 4.78 is 37.5. The van der Waals surface area contributed by atoms with E-state index in [1.165, 1.54) is 78.7 Å². The van der Waals surface area contributed by atoms with Crippen LogP contribution in [0.3, 0.4) is 0 Å². The van der Waals surface area contributed by atoms with Crippen LogP contribution in [0.25, 0.3) is 0 Å². The first-order valence-electron chi connectivity index (χ1n) is 10.4. The summed E-state index contributed by atoms with van der Waals surface area (Å²) >= 11 is 18.9. The molecule has 0 radical (unpaired) electrons. The standard InChI is InChI=1S/C25H18Cl3F3N2O2/c1-33(17-9-6-15(29)7-10-17)24(35)18-12-16(8-11-19(18)26)32-23(34)21-20(25(21,27)28)13-2-4-14(5-3-13)22(30)31/h2-12,20-22H,1H3,(H,32,34)/t20-,21+/m1/s1. The van der Waals surface area contributed by atoms with Crippen LogP contribution >= 0.6 is 34.8 Å². The summed E-state index contributed by atoms with van der Waals surface area (Å²) in [5.74, 6) is -2.82. The quantitative estimate of drug-likeness (QED) is 0.335. The van der Waals surface area contributed by atoms with Gasteiger partial charge in [0.05, 0.1) is 16.5 Å². The fraction of sp³-hybridized carbons (Fsp3) is 0.200. The second-order valence-electron chi connectivity index (χ2n) is 8.12. The molecule has 0 aromatic heterocycles. The van der Waals surface area contributed by atoms with E-state index in [-0.39, 0.29) is 21.8 Å². The Morgan fingerprint density at radius 1 is 1.00 bits per heavy atom. The maximum absolute atomic E-state index is 13.2. The Morgan fingerprint density at radius 3 is 2.23 bits per heavy atom. The number of anilines is 2. The summed E-state index contributed by atoms with van der Waals surface area (Å²) in [6.45, 7) is 0. The summed E-state index contributed by atoms with van der Waals surface area (Å²) in [6.07, 6.45) is -2.61. The number of benzene rings is 3. The number of nitrogens with zero attached hydrogens (tertiary/aromatic N) is 1. The maximum atomic E-state index is 13.2. The van der Waals surface area contributed by atoms with Crippen molar-refractivity contribution in [3.8, 4) is 0 Å². The summed E-state index contributed by atoms with van der Waals surface area (Å²) in [7, 11) is 1.51. The molecule has 182 valence electrons. The Kier molecular flexibility index (Phi) is 7.04. The van der Waals surface area contributed by atoms with Gasteiger partial charge in [-0.05, 0) is 48.0 Å². The van der Waals surface area contributed by atoms with Gasteiger partial charge < -0.3 is 10.2 Å². The summed E-state index contributed by atoms with van der Waals surface area (Å²) in [6, 6.07) is 15.3. The van der Waals surface area contributed by atoms with E-state index >= 15 is 0 Å². The van der Waals surface area contributed by atoms with Crippen LogP contribution in [0.15, 0.2) is 66.7 Å². The van der Waals surface area contributed by atoms with E-state index in [0.717, 1.165) is 0 Å². The number of hydrogen-bond acceptors (Lipinski definition) is 2. The predicted molar refractivity (Wildman–Crippen MR) is 131 cm³/mol. The van der Waals surface area contributed by atoms with Crippen molar-refractivity contribution in [2.24, 2.45) is 5.92 Å². The van der Waals surface area contributed by atoms with Crippen LogP contribution in [-0.2, 0) is 4.79 Å².